The third kappa shape index (κ3) is 4.73. The molecule has 2 saturated carbocycles. The number of carbonyl (C=O) groups is 1. The van der Waals surface area contributed by atoms with Crippen LogP contribution in [0.2, 0.25) is 0 Å². The Bertz CT molecular complexity index is 269. The third-order valence-electron chi connectivity index (χ3n) is 5.41. The van der Waals surface area contributed by atoms with Gasteiger partial charge in [-0.3, -0.25) is 4.79 Å². The number of fused-ring (bicyclic) bond motifs is 1. The summed E-state index contributed by atoms with van der Waals surface area (Å²) in [5.41, 5.74) is 0. The molecular weight excluding hydrogens is 270 g/mol. The van der Waals surface area contributed by atoms with E-state index in [0.29, 0.717) is 11.7 Å². The fraction of sp³-hybridized carbons (Fsp3) is 0.941. The van der Waals surface area contributed by atoms with E-state index in [0.717, 1.165) is 32.4 Å². The van der Waals surface area contributed by atoms with E-state index in [1.165, 1.54) is 24.8 Å². The molecule has 118 valence electrons. The van der Waals surface area contributed by atoms with Gasteiger partial charge in [0.25, 0.3) is 0 Å². The number of ketones is 1. The summed E-state index contributed by atoms with van der Waals surface area (Å²) in [6, 6.07) is 0. The SMILES string of the molecule is C1CC2CCC12.CCCN1CCC(C(=O)CC)CC1.Cl. The number of Topliss-reactive ketones (excluding diaryl/α,β-unsaturated/α-hetero) is 1. The average Bonchev–Trinajstić information content (AvgIpc) is 2.44. The Morgan fingerprint density at radius 3 is 1.75 bits per heavy atom. The van der Waals surface area contributed by atoms with E-state index < -0.39 is 0 Å². The molecular formula is C17H32ClNO. The van der Waals surface area contributed by atoms with E-state index in [-0.39, 0.29) is 12.4 Å². The van der Waals surface area contributed by atoms with Crippen LogP contribution < -0.4 is 0 Å². The van der Waals surface area contributed by atoms with Gasteiger partial charge in [0.2, 0.25) is 0 Å². The Morgan fingerprint density at radius 1 is 0.950 bits per heavy atom. The van der Waals surface area contributed by atoms with Gasteiger partial charge in [-0.15, -0.1) is 12.4 Å². The summed E-state index contributed by atoms with van der Waals surface area (Å²) in [7, 11) is 0. The molecule has 0 atom stereocenters. The Kier molecular flexibility index (Phi) is 8.13. The summed E-state index contributed by atoms with van der Waals surface area (Å²) in [6.45, 7) is 7.64. The lowest BCUT2D eigenvalue weighted by Gasteiger charge is -2.46. The summed E-state index contributed by atoms with van der Waals surface area (Å²) in [5.74, 6) is 3.27. The number of likely N-dealkylation sites (tertiary alicyclic amines) is 1. The number of nitrogens with zero attached hydrogens (tertiary/aromatic N) is 1. The van der Waals surface area contributed by atoms with Gasteiger partial charge in [-0.25, -0.2) is 0 Å². The van der Waals surface area contributed by atoms with Crippen LogP contribution in [-0.4, -0.2) is 30.3 Å². The van der Waals surface area contributed by atoms with Gasteiger partial charge in [0.1, 0.15) is 5.78 Å². The number of hydrogen-bond acceptors (Lipinski definition) is 2. The van der Waals surface area contributed by atoms with Crippen LogP contribution in [0.4, 0.5) is 0 Å². The predicted octanol–water partition coefficient (Wildman–Crippen LogP) is 4.32. The number of rotatable bonds is 4. The first-order valence-electron chi connectivity index (χ1n) is 8.49. The molecule has 0 bridgehead atoms. The zero-order valence-corrected chi connectivity index (χ0v) is 14.1. The molecule has 0 aromatic heterocycles. The topological polar surface area (TPSA) is 20.3 Å². The first-order valence-corrected chi connectivity index (χ1v) is 8.49. The van der Waals surface area contributed by atoms with Crippen molar-refractivity contribution < 1.29 is 4.79 Å². The van der Waals surface area contributed by atoms with Crippen molar-refractivity contribution >= 4 is 18.2 Å². The van der Waals surface area contributed by atoms with E-state index in [1.54, 1.807) is 25.7 Å². The highest BCUT2D eigenvalue weighted by Gasteiger charge is 2.37. The molecule has 2 aliphatic carbocycles. The fourth-order valence-corrected chi connectivity index (χ4v) is 3.65. The molecule has 3 fully saturated rings. The van der Waals surface area contributed by atoms with Crippen LogP contribution in [0.1, 0.15) is 65.2 Å². The van der Waals surface area contributed by atoms with Crippen LogP contribution in [0.3, 0.4) is 0 Å². The van der Waals surface area contributed by atoms with Crippen LogP contribution in [0.25, 0.3) is 0 Å². The molecule has 3 heteroatoms. The van der Waals surface area contributed by atoms with Crippen molar-refractivity contribution in [2.24, 2.45) is 17.8 Å². The molecule has 1 heterocycles. The van der Waals surface area contributed by atoms with Gasteiger partial charge in [-0.05, 0) is 76.4 Å². The van der Waals surface area contributed by atoms with E-state index in [2.05, 4.69) is 11.8 Å². The molecule has 0 spiro atoms. The van der Waals surface area contributed by atoms with Crippen molar-refractivity contribution in [1.29, 1.82) is 0 Å². The van der Waals surface area contributed by atoms with Gasteiger partial charge in [-0.2, -0.15) is 0 Å². The third-order valence-corrected chi connectivity index (χ3v) is 5.41. The van der Waals surface area contributed by atoms with Crippen molar-refractivity contribution in [2.75, 3.05) is 19.6 Å². The van der Waals surface area contributed by atoms with Gasteiger partial charge in [-0.1, -0.05) is 13.8 Å². The lowest BCUT2D eigenvalue weighted by molar-refractivity contribution is -0.123. The fourth-order valence-electron chi connectivity index (χ4n) is 3.65. The maximum Gasteiger partial charge on any atom is 0.135 e. The van der Waals surface area contributed by atoms with Gasteiger partial charge in [0.05, 0.1) is 0 Å². The molecule has 20 heavy (non-hydrogen) atoms. The molecule has 1 aliphatic heterocycles. The van der Waals surface area contributed by atoms with Crippen molar-refractivity contribution in [3.05, 3.63) is 0 Å². The molecule has 0 unspecified atom stereocenters. The van der Waals surface area contributed by atoms with Crippen LogP contribution in [0.5, 0.6) is 0 Å². The zero-order valence-electron chi connectivity index (χ0n) is 13.3. The molecule has 0 N–H and O–H groups in total. The molecule has 0 amide bonds. The standard InChI is InChI=1S/C11H21NO.C6H10.ClH/c1-3-7-12-8-5-10(6-9-12)11(13)4-2;1-2-6-4-3-5(1)6;/h10H,3-9H2,1-2H3;5-6H,1-4H2;1H. The number of piperidine rings is 1. The van der Waals surface area contributed by atoms with Gasteiger partial charge in [0, 0.05) is 12.3 Å². The van der Waals surface area contributed by atoms with Crippen LogP contribution in [-0.2, 0) is 4.79 Å². The molecule has 3 aliphatic rings. The highest BCUT2D eigenvalue weighted by molar-refractivity contribution is 5.85. The second-order valence-electron chi connectivity index (χ2n) is 6.61. The van der Waals surface area contributed by atoms with E-state index in [4.69, 9.17) is 0 Å². The van der Waals surface area contributed by atoms with E-state index in [9.17, 15) is 4.79 Å². The summed E-state index contributed by atoms with van der Waals surface area (Å²) in [4.78, 5) is 13.9. The molecule has 0 aromatic rings. The van der Waals surface area contributed by atoms with Crippen molar-refractivity contribution in [3.8, 4) is 0 Å². The molecule has 2 nitrogen and oxygen atoms in total. The molecule has 0 aromatic carbocycles. The summed E-state index contributed by atoms with van der Waals surface area (Å²) >= 11 is 0. The molecule has 3 rings (SSSR count). The smallest absolute Gasteiger partial charge is 0.135 e. The lowest BCUT2D eigenvalue weighted by Crippen LogP contribution is -2.36. The quantitative estimate of drug-likeness (QED) is 0.771. The van der Waals surface area contributed by atoms with Crippen molar-refractivity contribution in [3.63, 3.8) is 0 Å². The second kappa shape index (κ2) is 9.04. The van der Waals surface area contributed by atoms with Gasteiger partial charge in [0.15, 0.2) is 0 Å². The normalized spacial score (nSPS) is 28.9. The zero-order chi connectivity index (χ0) is 13.7. The number of halogens is 1. The lowest BCUT2D eigenvalue weighted by atomic mass is 9.60. The highest BCUT2D eigenvalue weighted by atomic mass is 35.5. The van der Waals surface area contributed by atoms with E-state index in [1.807, 2.05) is 6.92 Å². The first kappa shape index (κ1) is 18.0. The van der Waals surface area contributed by atoms with Gasteiger partial charge < -0.3 is 4.90 Å². The minimum atomic E-state index is 0. The predicted molar refractivity (Wildman–Crippen MR) is 87.4 cm³/mol. The number of carbonyl (C=O) groups excluding carboxylic acids is 1. The van der Waals surface area contributed by atoms with Crippen molar-refractivity contribution in [1.82, 2.24) is 4.90 Å². The summed E-state index contributed by atoms with van der Waals surface area (Å²) < 4.78 is 0. The average molecular weight is 302 g/mol. The second-order valence-corrected chi connectivity index (χ2v) is 6.61. The van der Waals surface area contributed by atoms with Crippen LogP contribution in [0.15, 0.2) is 0 Å². The largest absolute Gasteiger partial charge is 0.303 e. The highest BCUT2D eigenvalue weighted by Crippen LogP contribution is 2.49. The first-order chi connectivity index (χ1) is 9.24. The van der Waals surface area contributed by atoms with E-state index >= 15 is 0 Å². The van der Waals surface area contributed by atoms with Crippen LogP contribution in [0, 0.1) is 17.8 Å². The minimum Gasteiger partial charge on any atom is -0.303 e. The summed E-state index contributed by atoms with van der Waals surface area (Å²) in [5, 5.41) is 0. The summed E-state index contributed by atoms with van der Waals surface area (Å²) in [6.07, 6.45) is 10.4. The maximum absolute atomic E-state index is 11.4. The van der Waals surface area contributed by atoms with Crippen molar-refractivity contribution in [2.45, 2.75) is 65.2 Å². The Balaban J connectivity index is 0.000000236. The maximum atomic E-state index is 11.4. The molecule has 1 saturated heterocycles. The minimum absolute atomic E-state index is 0. The van der Waals surface area contributed by atoms with Gasteiger partial charge >= 0.3 is 0 Å². The Hall–Kier alpha value is -0.0800. The Morgan fingerprint density at radius 2 is 1.45 bits per heavy atom. The monoisotopic (exact) mass is 301 g/mol. The van der Waals surface area contributed by atoms with Crippen LogP contribution >= 0.6 is 12.4 Å². The number of hydrogen-bond donors (Lipinski definition) is 0. The Labute approximate surface area is 131 Å². The molecule has 0 radical (unpaired) electrons.